The van der Waals surface area contributed by atoms with Crippen LogP contribution in [-0.4, -0.2) is 28.8 Å². The van der Waals surface area contributed by atoms with E-state index in [4.69, 9.17) is 0 Å². The second-order valence-corrected chi connectivity index (χ2v) is 6.23. The van der Waals surface area contributed by atoms with Gasteiger partial charge in [-0.05, 0) is 42.8 Å². The highest BCUT2D eigenvalue weighted by Crippen LogP contribution is 2.27. The number of halogens is 3. The van der Waals surface area contributed by atoms with Gasteiger partial charge in [-0.25, -0.2) is 4.68 Å². The Labute approximate surface area is 143 Å². The van der Waals surface area contributed by atoms with Crippen molar-refractivity contribution >= 4 is 5.91 Å². The van der Waals surface area contributed by atoms with Gasteiger partial charge in [0, 0.05) is 18.7 Å². The number of aromatic nitrogens is 2. The summed E-state index contributed by atoms with van der Waals surface area (Å²) in [7, 11) is 0. The lowest BCUT2D eigenvalue weighted by Crippen LogP contribution is -2.49. The zero-order valence-corrected chi connectivity index (χ0v) is 13.7. The third-order valence-corrected chi connectivity index (χ3v) is 4.48. The SMILES string of the molecule is CC(C(=O)NCc1ccc(-n2ccc(C(F)(F)F)n2)cc1)C1CNC1. The first-order valence-corrected chi connectivity index (χ1v) is 8.05. The summed E-state index contributed by atoms with van der Waals surface area (Å²) in [5.74, 6) is 0.355. The molecule has 5 nitrogen and oxygen atoms in total. The van der Waals surface area contributed by atoms with Gasteiger partial charge < -0.3 is 10.6 Å². The molecule has 0 bridgehead atoms. The van der Waals surface area contributed by atoms with E-state index in [0.717, 1.165) is 24.7 Å². The summed E-state index contributed by atoms with van der Waals surface area (Å²) >= 11 is 0. The van der Waals surface area contributed by atoms with E-state index < -0.39 is 11.9 Å². The molecule has 0 saturated carbocycles. The molecule has 0 spiro atoms. The minimum atomic E-state index is -4.46. The molecule has 1 atom stereocenters. The van der Waals surface area contributed by atoms with Crippen LogP contribution < -0.4 is 10.6 Å². The van der Waals surface area contributed by atoms with E-state index in [1.54, 1.807) is 24.3 Å². The number of hydrogen-bond donors (Lipinski definition) is 2. The number of rotatable bonds is 5. The molecule has 1 unspecified atom stereocenters. The molecule has 0 aliphatic carbocycles. The second kappa shape index (κ2) is 6.87. The highest BCUT2D eigenvalue weighted by Gasteiger charge is 2.33. The van der Waals surface area contributed by atoms with Crippen LogP contribution in [0.15, 0.2) is 36.5 Å². The molecule has 0 radical (unpaired) electrons. The monoisotopic (exact) mass is 352 g/mol. The molecule has 1 aliphatic heterocycles. The fourth-order valence-electron chi connectivity index (χ4n) is 2.61. The maximum Gasteiger partial charge on any atom is 0.435 e. The molecule has 1 saturated heterocycles. The van der Waals surface area contributed by atoms with Crippen LogP contribution in [0.4, 0.5) is 13.2 Å². The van der Waals surface area contributed by atoms with Gasteiger partial charge in [-0.1, -0.05) is 19.1 Å². The van der Waals surface area contributed by atoms with Crippen LogP contribution in [0.1, 0.15) is 18.2 Å². The van der Waals surface area contributed by atoms with E-state index in [1.165, 1.54) is 10.9 Å². The summed E-state index contributed by atoms with van der Waals surface area (Å²) in [4.78, 5) is 12.1. The number of carbonyl (C=O) groups excluding carboxylic acids is 1. The van der Waals surface area contributed by atoms with Crippen LogP contribution in [0.5, 0.6) is 0 Å². The van der Waals surface area contributed by atoms with Gasteiger partial charge in [-0.2, -0.15) is 18.3 Å². The van der Waals surface area contributed by atoms with Crippen LogP contribution in [0.2, 0.25) is 0 Å². The number of amides is 1. The third-order valence-electron chi connectivity index (χ3n) is 4.48. The standard InChI is InChI=1S/C17H19F3N4O/c1-11(13-9-21-10-13)16(25)22-8-12-2-4-14(5-3-12)24-7-6-15(23-24)17(18,19)20/h2-7,11,13,21H,8-10H2,1H3,(H,22,25). The first kappa shape index (κ1) is 17.5. The van der Waals surface area contributed by atoms with Crippen molar-refractivity contribution in [1.29, 1.82) is 0 Å². The number of hydrogen-bond acceptors (Lipinski definition) is 3. The minimum Gasteiger partial charge on any atom is -0.352 e. The fraction of sp³-hybridized carbons (Fsp3) is 0.412. The van der Waals surface area contributed by atoms with Crippen molar-refractivity contribution in [2.75, 3.05) is 13.1 Å². The van der Waals surface area contributed by atoms with E-state index in [-0.39, 0.29) is 11.8 Å². The average molecular weight is 352 g/mol. The Hall–Kier alpha value is -2.35. The summed E-state index contributed by atoms with van der Waals surface area (Å²) in [5.41, 5.74) is 0.474. The van der Waals surface area contributed by atoms with Gasteiger partial charge in [0.1, 0.15) is 0 Å². The Bertz CT molecular complexity index is 735. The van der Waals surface area contributed by atoms with Crippen LogP contribution in [0.3, 0.4) is 0 Å². The summed E-state index contributed by atoms with van der Waals surface area (Å²) < 4.78 is 38.9. The molecule has 1 fully saturated rings. The molecule has 1 amide bonds. The highest BCUT2D eigenvalue weighted by molar-refractivity contribution is 5.78. The molecule has 2 aromatic rings. The lowest BCUT2D eigenvalue weighted by molar-refractivity contribution is -0.141. The van der Waals surface area contributed by atoms with Crippen molar-refractivity contribution in [2.24, 2.45) is 11.8 Å². The number of benzene rings is 1. The first-order valence-electron chi connectivity index (χ1n) is 8.05. The van der Waals surface area contributed by atoms with Gasteiger partial charge in [0.2, 0.25) is 5.91 Å². The van der Waals surface area contributed by atoms with Gasteiger partial charge >= 0.3 is 6.18 Å². The van der Waals surface area contributed by atoms with Crippen molar-refractivity contribution < 1.29 is 18.0 Å². The summed E-state index contributed by atoms with van der Waals surface area (Å²) in [6, 6.07) is 7.81. The lowest BCUT2D eigenvalue weighted by Gasteiger charge is -2.31. The molecule has 1 aromatic heterocycles. The number of carbonyl (C=O) groups is 1. The Morgan fingerprint density at radius 2 is 2.00 bits per heavy atom. The molecule has 2 N–H and O–H groups in total. The zero-order chi connectivity index (χ0) is 18.0. The molecule has 3 rings (SSSR count). The predicted molar refractivity (Wildman–Crippen MR) is 85.9 cm³/mol. The van der Waals surface area contributed by atoms with E-state index in [9.17, 15) is 18.0 Å². The Morgan fingerprint density at radius 3 is 2.52 bits per heavy atom. The Balaban J connectivity index is 1.58. The molecular weight excluding hydrogens is 333 g/mol. The quantitative estimate of drug-likeness (QED) is 0.869. The largest absolute Gasteiger partial charge is 0.435 e. The van der Waals surface area contributed by atoms with Gasteiger partial charge in [-0.3, -0.25) is 4.79 Å². The van der Waals surface area contributed by atoms with Crippen LogP contribution in [0, 0.1) is 11.8 Å². The number of nitrogens with one attached hydrogen (secondary N) is 2. The van der Waals surface area contributed by atoms with Crippen molar-refractivity contribution in [2.45, 2.75) is 19.6 Å². The van der Waals surface area contributed by atoms with Crippen molar-refractivity contribution in [3.63, 3.8) is 0 Å². The summed E-state index contributed by atoms with van der Waals surface area (Å²) in [6.07, 6.45) is -3.18. The molecule has 8 heteroatoms. The van der Waals surface area contributed by atoms with Gasteiger partial charge in [0.25, 0.3) is 0 Å². The van der Waals surface area contributed by atoms with Gasteiger partial charge in [0.15, 0.2) is 5.69 Å². The van der Waals surface area contributed by atoms with Crippen molar-refractivity contribution in [3.05, 3.63) is 47.8 Å². The molecule has 1 aliphatic rings. The topological polar surface area (TPSA) is 59.0 Å². The number of nitrogens with zero attached hydrogens (tertiary/aromatic N) is 2. The van der Waals surface area contributed by atoms with E-state index in [1.807, 2.05) is 6.92 Å². The van der Waals surface area contributed by atoms with E-state index in [2.05, 4.69) is 15.7 Å². The first-order chi connectivity index (χ1) is 11.8. The maximum atomic E-state index is 12.6. The van der Waals surface area contributed by atoms with Gasteiger partial charge in [-0.15, -0.1) is 0 Å². The zero-order valence-electron chi connectivity index (χ0n) is 13.7. The Kier molecular flexibility index (Phi) is 4.80. The predicted octanol–water partition coefficient (Wildman–Crippen LogP) is 2.36. The van der Waals surface area contributed by atoms with E-state index >= 15 is 0 Å². The average Bonchev–Trinajstić information content (AvgIpc) is 3.01. The molecular formula is C17H19F3N4O. The fourth-order valence-corrected chi connectivity index (χ4v) is 2.61. The maximum absolute atomic E-state index is 12.6. The van der Waals surface area contributed by atoms with Crippen LogP contribution in [0.25, 0.3) is 5.69 Å². The van der Waals surface area contributed by atoms with Crippen molar-refractivity contribution in [3.8, 4) is 5.69 Å². The van der Waals surface area contributed by atoms with Crippen molar-refractivity contribution in [1.82, 2.24) is 20.4 Å². The molecule has 134 valence electrons. The molecule has 1 aromatic carbocycles. The van der Waals surface area contributed by atoms with E-state index in [0.29, 0.717) is 18.2 Å². The minimum absolute atomic E-state index is 0.0115. The summed E-state index contributed by atoms with van der Waals surface area (Å²) in [5, 5.41) is 9.57. The normalized spacial score (nSPS) is 16.3. The van der Waals surface area contributed by atoms with Gasteiger partial charge in [0.05, 0.1) is 5.69 Å². The van der Waals surface area contributed by atoms with Crippen LogP contribution >= 0.6 is 0 Å². The Morgan fingerprint density at radius 1 is 1.32 bits per heavy atom. The number of alkyl halides is 3. The molecule has 25 heavy (non-hydrogen) atoms. The molecule has 2 heterocycles. The summed E-state index contributed by atoms with van der Waals surface area (Å²) in [6.45, 7) is 4.04. The van der Waals surface area contributed by atoms with Crippen LogP contribution in [-0.2, 0) is 17.5 Å². The second-order valence-electron chi connectivity index (χ2n) is 6.23. The highest BCUT2D eigenvalue weighted by atomic mass is 19.4. The lowest BCUT2D eigenvalue weighted by atomic mass is 9.88. The third kappa shape index (κ3) is 4.01. The smallest absolute Gasteiger partial charge is 0.352 e.